The number of nitrogens with two attached hydrogens (primary N) is 1. The summed E-state index contributed by atoms with van der Waals surface area (Å²) in [5, 5.41) is 0. The highest BCUT2D eigenvalue weighted by Gasteiger charge is 2.42. The smallest absolute Gasteiger partial charge is 0.0850 e. The maximum Gasteiger partial charge on any atom is 0.0850 e. The van der Waals surface area contributed by atoms with Crippen molar-refractivity contribution >= 4 is 0 Å². The molecule has 1 heterocycles. The molecule has 1 saturated heterocycles. The summed E-state index contributed by atoms with van der Waals surface area (Å²) in [5.74, 6) is 6.61. The summed E-state index contributed by atoms with van der Waals surface area (Å²) in [4.78, 5) is 0. The number of nitrogens with one attached hydrogen (secondary N) is 1. The Hall–Kier alpha value is -0.160. The zero-order valence-corrected chi connectivity index (χ0v) is 13.2. The van der Waals surface area contributed by atoms with Gasteiger partial charge < -0.3 is 9.47 Å². The van der Waals surface area contributed by atoms with Gasteiger partial charge in [0.25, 0.3) is 0 Å². The number of ether oxygens (including phenoxy) is 2. The molecule has 3 N–H and O–H groups in total. The van der Waals surface area contributed by atoms with Crippen molar-refractivity contribution < 1.29 is 9.47 Å². The Morgan fingerprint density at radius 3 is 2.85 bits per heavy atom. The lowest BCUT2D eigenvalue weighted by atomic mass is 9.73. The normalized spacial score (nSPS) is 36.1. The van der Waals surface area contributed by atoms with Crippen molar-refractivity contribution in [1.82, 2.24) is 5.43 Å². The first kappa shape index (κ1) is 16.2. The molecule has 20 heavy (non-hydrogen) atoms. The Labute approximate surface area is 123 Å². The van der Waals surface area contributed by atoms with Crippen molar-refractivity contribution in [2.45, 2.75) is 83.0 Å². The molecular weight excluding hydrogens is 252 g/mol. The average Bonchev–Trinajstić information content (AvgIpc) is 2.93. The van der Waals surface area contributed by atoms with Gasteiger partial charge in [0.2, 0.25) is 0 Å². The molecule has 1 saturated carbocycles. The molecule has 4 heteroatoms. The van der Waals surface area contributed by atoms with Crippen LogP contribution in [0.15, 0.2) is 0 Å². The standard InChI is InChI=1S/C16H32N2O2/c1-3-20-16(10-4-6-13(2)12-16)15(18-17)9-8-14-7-5-11-19-14/h13-15,18H,3-12,17H2,1-2H3. The number of hydrogen-bond donors (Lipinski definition) is 2. The Balaban J connectivity index is 1.96. The van der Waals surface area contributed by atoms with Gasteiger partial charge in [0.05, 0.1) is 17.7 Å². The van der Waals surface area contributed by atoms with Crippen LogP contribution in [0.4, 0.5) is 0 Å². The van der Waals surface area contributed by atoms with Gasteiger partial charge in [-0.25, -0.2) is 0 Å². The SMILES string of the molecule is CCOC1(C(CCC2CCCO2)NN)CCCC(C)C1. The van der Waals surface area contributed by atoms with Gasteiger partial charge in [-0.05, 0) is 51.4 Å². The third-order valence-electron chi connectivity index (χ3n) is 5.06. The minimum Gasteiger partial charge on any atom is -0.378 e. The zero-order valence-electron chi connectivity index (χ0n) is 13.2. The van der Waals surface area contributed by atoms with Gasteiger partial charge >= 0.3 is 0 Å². The number of hydrazine groups is 1. The molecule has 2 fully saturated rings. The van der Waals surface area contributed by atoms with Crippen molar-refractivity contribution in [3.05, 3.63) is 0 Å². The third kappa shape index (κ3) is 3.94. The lowest BCUT2D eigenvalue weighted by Crippen LogP contribution is -2.57. The molecule has 0 spiro atoms. The van der Waals surface area contributed by atoms with Crippen LogP contribution in [0.2, 0.25) is 0 Å². The highest BCUT2D eigenvalue weighted by Crippen LogP contribution is 2.39. The van der Waals surface area contributed by atoms with Gasteiger partial charge in [0, 0.05) is 13.2 Å². The Kier molecular flexibility index (Phi) is 6.27. The molecule has 1 aliphatic heterocycles. The number of hydrogen-bond acceptors (Lipinski definition) is 4. The van der Waals surface area contributed by atoms with Gasteiger partial charge in [-0.1, -0.05) is 19.8 Å². The molecule has 0 radical (unpaired) electrons. The molecular formula is C16H32N2O2. The van der Waals surface area contributed by atoms with Crippen LogP contribution in [0.5, 0.6) is 0 Å². The maximum atomic E-state index is 6.23. The molecule has 0 aromatic rings. The first-order chi connectivity index (χ1) is 9.70. The Morgan fingerprint density at radius 2 is 2.25 bits per heavy atom. The fourth-order valence-electron chi connectivity index (χ4n) is 4.10. The first-order valence-electron chi connectivity index (χ1n) is 8.42. The summed E-state index contributed by atoms with van der Waals surface area (Å²) in [7, 11) is 0. The van der Waals surface area contributed by atoms with Gasteiger partial charge in [-0.2, -0.15) is 0 Å². The molecule has 4 unspecified atom stereocenters. The third-order valence-corrected chi connectivity index (χ3v) is 5.06. The van der Waals surface area contributed by atoms with E-state index in [2.05, 4.69) is 19.3 Å². The van der Waals surface area contributed by atoms with Crippen LogP contribution in [-0.4, -0.2) is 31.0 Å². The summed E-state index contributed by atoms with van der Waals surface area (Å²) in [6.45, 7) is 6.12. The molecule has 0 aromatic carbocycles. The fraction of sp³-hybridized carbons (Fsp3) is 1.00. The van der Waals surface area contributed by atoms with E-state index in [1.807, 2.05) is 0 Å². The van der Waals surface area contributed by atoms with Crippen molar-refractivity contribution in [3.63, 3.8) is 0 Å². The molecule has 4 atom stereocenters. The van der Waals surface area contributed by atoms with E-state index in [1.54, 1.807) is 0 Å². The van der Waals surface area contributed by atoms with Crippen LogP contribution >= 0.6 is 0 Å². The van der Waals surface area contributed by atoms with Crippen LogP contribution in [0.3, 0.4) is 0 Å². The van der Waals surface area contributed by atoms with Gasteiger partial charge in [-0.3, -0.25) is 11.3 Å². The second-order valence-electron chi connectivity index (χ2n) is 6.63. The van der Waals surface area contributed by atoms with E-state index in [4.69, 9.17) is 15.3 Å². The minimum absolute atomic E-state index is 0.0697. The highest BCUT2D eigenvalue weighted by atomic mass is 16.5. The van der Waals surface area contributed by atoms with E-state index in [0.717, 1.165) is 44.8 Å². The zero-order chi connectivity index (χ0) is 14.4. The predicted octanol–water partition coefficient (Wildman–Crippen LogP) is 2.76. The summed E-state index contributed by atoms with van der Waals surface area (Å²) in [6, 6.07) is 0.245. The quantitative estimate of drug-likeness (QED) is 0.557. The average molecular weight is 284 g/mol. The van der Waals surface area contributed by atoms with E-state index < -0.39 is 0 Å². The summed E-state index contributed by atoms with van der Waals surface area (Å²) in [6.07, 6.45) is 9.81. The second-order valence-corrected chi connectivity index (χ2v) is 6.63. The summed E-state index contributed by atoms with van der Waals surface area (Å²) >= 11 is 0. The van der Waals surface area contributed by atoms with Gasteiger partial charge in [-0.15, -0.1) is 0 Å². The molecule has 118 valence electrons. The Bertz CT molecular complexity index is 278. The van der Waals surface area contributed by atoms with Crippen LogP contribution in [0, 0.1) is 5.92 Å². The molecule has 2 aliphatic rings. The van der Waals surface area contributed by atoms with Crippen LogP contribution in [-0.2, 0) is 9.47 Å². The topological polar surface area (TPSA) is 56.5 Å². The minimum atomic E-state index is -0.0697. The summed E-state index contributed by atoms with van der Waals surface area (Å²) < 4.78 is 12.0. The molecule has 2 rings (SSSR count). The van der Waals surface area contributed by atoms with E-state index in [1.165, 1.54) is 25.7 Å². The maximum absolute atomic E-state index is 6.23. The van der Waals surface area contributed by atoms with Crippen molar-refractivity contribution in [1.29, 1.82) is 0 Å². The molecule has 0 bridgehead atoms. The molecule has 0 aromatic heterocycles. The lowest BCUT2D eigenvalue weighted by molar-refractivity contribution is -0.104. The van der Waals surface area contributed by atoms with Crippen molar-refractivity contribution in [2.24, 2.45) is 11.8 Å². The predicted molar refractivity (Wildman–Crippen MR) is 81.3 cm³/mol. The second kappa shape index (κ2) is 7.74. The van der Waals surface area contributed by atoms with Crippen molar-refractivity contribution in [2.75, 3.05) is 13.2 Å². The van der Waals surface area contributed by atoms with E-state index in [9.17, 15) is 0 Å². The molecule has 4 nitrogen and oxygen atoms in total. The van der Waals surface area contributed by atoms with Crippen molar-refractivity contribution in [3.8, 4) is 0 Å². The van der Waals surface area contributed by atoms with Crippen LogP contribution in [0.1, 0.15) is 65.2 Å². The van der Waals surface area contributed by atoms with E-state index in [-0.39, 0.29) is 11.6 Å². The van der Waals surface area contributed by atoms with Crippen LogP contribution in [0.25, 0.3) is 0 Å². The monoisotopic (exact) mass is 284 g/mol. The van der Waals surface area contributed by atoms with E-state index in [0.29, 0.717) is 6.10 Å². The lowest BCUT2D eigenvalue weighted by Gasteiger charge is -2.45. The Morgan fingerprint density at radius 1 is 1.40 bits per heavy atom. The van der Waals surface area contributed by atoms with Crippen LogP contribution < -0.4 is 11.3 Å². The molecule has 1 aliphatic carbocycles. The molecule has 0 amide bonds. The van der Waals surface area contributed by atoms with E-state index >= 15 is 0 Å². The van der Waals surface area contributed by atoms with Gasteiger partial charge in [0.1, 0.15) is 0 Å². The van der Waals surface area contributed by atoms with Gasteiger partial charge in [0.15, 0.2) is 0 Å². The largest absolute Gasteiger partial charge is 0.378 e. The summed E-state index contributed by atoms with van der Waals surface area (Å²) in [5.41, 5.74) is 2.99. The highest BCUT2D eigenvalue weighted by molar-refractivity contribution is 4.96. The number of rotatable bonds is 7. The fourth-order valence-corrected chi connectivity index (χ4v) is 4.10. The first-order valence-corrected chi connectivity index (χ1v) is 8.42.